The van der Waals surface area contributed by atoms with Crippen LogP contribution in [0.1, 0.15) is 29.0 Å². The number of amides is 1. The first-order valence-corrected chi connectivity index (χ1v) is 5.14. The molecule has 0 radical (unpaired) electrons. The van der Waals surface area contributed by atoms with E-state index in [0.29, 0.717) is 5.56 Å². The maximum atomic E-state index is 10.9. The number of nitrogens with two attached hydrogens (primary N) is 2. The van der Waals surface area contributed by atoms with Crippen LogP contribution in [0.4, 0.5) is 0 Å². The Morgan fingerprint density at radius 1 is 1.41 bits per heavy atom. The molecule has 6 heteroatoms. The van der Waals surface area contributed by atoms with Gasteiger partial charge in [0.05, 0.1) is 29.3 Å². The van der Waals surface area contributed by atoms with E-state index in [0.717, 1.165) is 11.4 Å². The summed E-state index contributed by atoms with van der Waals surface area (Å²) in [7, 11) is 0. The second-order valence-electron chi connectivity index (χ2n) is 3.77. The highest BCUT2D eigenvalue weighted by atomic mass is 16.1. The number of hydrogen-bond acceptors (Lipinski definition) is 4. The molecule has 6 nitrogen and oxygen atoms in total. The molecule has 0 bridgehead atoms. The third kappa shape index (κ3) is 2.31. The molecule has 0 aliphatic heterocycles. The van der Waals surface area contributed by atoms with Crippen LogP contribution in [0.2, 0.25) is 0 Å². The quantitative estimate of drug-likeness (QED) is 0.797. The summed E-state index contributed by atoms with van der Waals surface area (Å²) < 4.78 is 1.54. The zero-order valence-electron chi connectivity index (χ0n) is 9.37. The van der Waals surface area contributed by atoms with Crippen molar-refractivity contribution >= 4 is 5.91 Å². The molecule has 0 aliphatic carbocycles. The third-order valence-electron chi connectivity index (χ3n) is 2.37. The average molecular weight is 231 g/mol. The fourth-order valence-electron chi connectivity index (χ4n) is 1.39. The predicted molar refractivity (Wildman–Crippen MR) is 62.5 cm³/mol. The smallest absolute Gasteiger partial charge is 0.251 e. The van der Waals surface area contributed by atoms with E-state index in [1.54, 1.807) is 12.4 Å². The van der Waals surface area contributed by atoms with Gasteiger partial charge in [-0.25, -0.2) is 4.68 Å². The van der Waals surface area contributed by atoms with Crippen molar-refractivity contribution in [1.29, 1.82) is 0 Å². The molecule has 17 heavy (non-hydrogen) atoms. The first-order valence-electron chi connectivity index (χ1n) is 5.14. The number of nitrogens with zero attached hydrogens (tertiary/aromatic N) is 3. The van der Waals surface area contributed by atoms with Gasteiger partial charge in [-0.3, -0.25) is 9.78 Å². The maximum Gasteiger partial charge on any atom is 0.251 e. The summed E-state index contributed by atoms with van der Waals surface area (Å²) in [6.45, 7) is 1.86. The highest BCUT2D eigenvalue weighted by Gasteiger charge is 2.06. The molecular formula is C11H13N5O. The first kappa shape index (κ1) is 11.3. The van der Waals surface area contributed by atoms with Crippen molar-refractivity contribution in [2.24, 2.45) is 11.5 Å². The van der Waals surface area contributed by atoms with Crippen molar-refractivity contribution in [3.63, 3.8) is 0 Å². The van der Waals surface area contributed by atoms with Gasteiger partial charge in [0, 0.05) is 12.2 Å². The van der Waals surface area contributed by atoms with Crippen LogP contribution in [0, 0.1) is 0 Å². The number of rotatable bonds is 3. The van der Waals surface area contributed by atoms with Gasteiger partial charge >= 0.3 is 0 Å². The van der Waals surface area contributed by atoms with E-state index in [9.17, 15) is 4.79 Å². The normalized spacial score (nSPS) is 12.4. The second kappa shape index (κ2) is 4.34. The van der Waals surface area contributed by atoms with Crippen molar-refractivity contribution in [1.82, 2.24) is 14.8 Å². The summed E-state index contributed by atoms with van der Waals surface area (Å²) in [6.07, 6.45) is 4.63. The molecule has 0 saturated carbocycles. The highest BCUT2D eigenvalue weighted by molar-refractivity contribution is 5.92. The topological polar surface area (TPSA) is 99.8 Å². The summed E-state index contributed by atoms with van der Waals surface area (Å²) in [5.74, 6) is -0.503. The molecule has 0 unspecified atom stereocenters. The average Bonchev–Trinajstić information content (AvgIpc) is 2.78. The maximum absolute atomic E-state index is 10.9. The molecule has 0 spiro atoms. The molecule has 0 aliphatic rings. The lowest BCUT2D eigenvalue weighted by Crippen LogP contribution is -2.09. The molecule has 2 heterocycles. The van der Waals surface area contributed by atoms with Crippen molar-refractivity contribution in [2.75, 3.05) is 0 Å². The lowest BCUT2D eigenvalue weighted by Gasteiger charge is -2.05. The SMILES string of the molecule is C[C@H](N)c1ccc(-n2cc(C(N)=O)cn2)cn1. The van der Waals surface area contributed by atoms with Crippen LogP contribution in [0.25, 0.3) is 5.69 Å². The molecule has 2 rings (SSSR count). The molecule has 2 aromatic rings. The molecule has 2 aromatic heterocycles. The van der Waals surface area contributed by atoms with Crippen LogP contribution < -0.4 is 11.5 Å². The lowest BCUT2D eigenvalue weighted by atomic mass is 10.2. The third-order valence-corrected chi connectivity index (χ3v) is 2.37. The van der Waals surface area contributed by atoms with Gasteiger partial charge in [-0.2, -0.15) is 5.10 Å². The Labute approximate surface area is 98.3 Å². The van der Waals surface area contributed by atoms with Crippen LogP contribution in [-0.4, -0.2) is 20.7 Å². The van der Waals surface area contributed by atoms with Gasteiger partial charge in [-0.15, -0.1) is 0 Å². The van der Waals surface area contributed by atoms with Crippen LogP contribution in [0.3, 0.4) is 0 Å². The van der Waals surface area contributed by atoms with Crippen LogP contribution in [0.5, 0.6) is 0 Å². The van der Waals surface area contributed by atoms with Gasteiger partial charge in [0.1, 0.15) is 0 Å². The molecule has 4 N–H and O–H groups in total. The largest absolute Gasteiger partial charge is 0.366 e. The van der Waals surface area contributed by atoms with Gasteiger partial charge in [0.25, 0.3) is 5.91 Å². The molecule has 1 atom stereocenters. The number of hydrogen-bond donors (Lipinski definition) is 2. The summed E-state index contributed by atoms with van der Waals surface area (Å²) >= 11 is 0. The van der Waals surface area contributed by atoms with Crippen LogP contribution in [-0.2, 0) is 0 Å². The molecule has 0 fully saturated rings. The Morgan fingerprint density at radius 3 is 2.65 bits per heavy atom. The standard InChI is InChI=1S/C11H13N5O/c1-7(12)10-3-2-9(5-14-10)16-6-8(4-15-16)11(13)17/h2-7H,12H2,1H3,(H2,13,17)/t7-/m0/s1. The van der Waals surface area contributed by atoms with E-state index in [1.807, 2.05) is 19.1 Å². The van der Waals surface area contributed by atoms with Gasteiger partial charge < -0.3 is 11.5 Å². The van der Waals surface area contributed by atoms with Crippen molar-refractivity contribution in [2.45, 2.75) is 13.0 Å². The van der Waals surface area contributed by atoms with Crippen LogP contribution >= 0.6 is 0 Å². The summed E-state index contributed by atoms with van der Waals surface area (Å²) in [5, 5.41) is 4.03. The van der Waals surface area contributed by atoms with Crippen molar-refractivity contribution in [3.05, 3.63) is 42.0 Å². The van der Waals surface area contributed by atoms with Gasteiger partial charge in [0.2, 0.25) is 0 Å². The van der Waals surface area contributed by atoms with Crippen molar-refractivity contribution in [3.8, 4) is 5.69 Å². The summed E-state index contributed by atoms with van der Waals surface area (Å²) in [5.41, 5.74) is 12.8. The highest BCUT2D eigenvalue weighted by Crippen LogP contribution is 2.10. The number of primary amides is 1. The zero-order valence-corrected chi connectivity index (χ0v) is 9.37. The second-order valence-corrected chi connectivity index (χ2v) is 3.77. The minimum atomic E-state index is -0.503. The monoisotopic (exact) mass is 231 g/mol. The molecular weight excluding hydrogens is 218 g/mol. The lowest BCUT2D eigenvalue weighted by molar-refractivity contribution is 0.100. The number of aromatic nitrogens is 3. The predicted octanol–water partition coefficient (Wildman–Crippen LogP) is 0.386. The molecule has 0 saturated heterocycles. The van der Waals surface area contributed by atoms with E-state index >= 15 is 0 Å². The van der Waals surface area contributed by atoms with E-state index in [1.165, 1.54) is 10.9 Å². The number of carbonyl (C=O) groups excluding carboxylic acids is 1. The van der Waals surface area contributed by atoms with Crippen molar-refractivity contribution < 1.29 is 4.79 Å². The Bertz CT molecular complexity index is 529. The van der Waals surface area contributed by atoms with Crippen LogP contribution in [0.15, 0.2) is 30.7 Å². The van der Waals surface area contributed by atoms with Gasteiger partial charge in [-0.05, 0) is 19.1 Å². The van der Waals surface area contributed by atoms with E-state index in [-0.39, 0.29) is 6.04 Å². The number of carbonyl (C=O) groups is 1. The molecule has 0 aromatic carbocycles. The van der Waals surface area contributed by atoms with Gasteiger partial charge in [0.15, 0.2) is 0 Å². The Morgan fingerprint density at radius 2 is 2.18 bits per heavy atom. The van der Waals surface area contributed by atoms with E-state index in [4.69, 9.17) is 11.5 Å². The van der Waals surface area contributed by atoms with Gasteiger partial charge in [-0.1, -0.05) is 0 Å². The fraction of sp³-hybridized carbons (Fsp3) is 0.182. The van der Waals surface area contributed by atoms with E-state index < -0.39 is 5.91 Å². The van der Waals surface area contributed by atoms with E-state index in [2.05, 4.69) is 10.1 Å². The minimum absolute atomic E-state index is 0.108. The Kier molecular flexibility index (Phi) is 2.88. The fourth-order valence-corrected chi connectivity index (χ4v) is 1.39. The summed E-state index contributed by atoms with van der Waals surface area (Å²) in [6, 6.07) is 3.55. The molecule has 88 valence electrons. The minimum Gasteiger partial charge on any atom is -0.366 e. The summed E-state index contributed by atoms with van der Waals surface area (Å²) in [4.78, 5) is 15.1. The Hall–Kier alpha value is -2.21. The first-order chi connectivity index (χ1) is 8.08. The Balaban J connectivity index is 2.30. The zero-order chi connectivity index (χ0) is 12.4. The number of pyridine rings is 1. The molecule has 1 amide bonds.